The van der Waals surface area contributed by atoms with Crippen LogP contribution in [0, 0.1) is 0 Å². The Bertz CT molecular complexity index is 1730. The molecule has 0 fully saturated rings. The van der Waals surface area contributed by atoms with Crippen LogP contribution in [0.5, 0.6) is 0 Å². The highest BCUT2D eigenvalue weighted by Crippen LogP contribution is 2.14. The lowest BCUT2D eigenvalue weighted by molar-refractivity contribution is -0.167. The lowest BCUT2D eigenvalue weighted by Crippen LogP contribution is -2.30. The molecular weight excluding hydrogens is 973 g/mol. The molecule has 79 heavy (non-hydrogen) atoms. The van der Waals surface area contributed by atoms with Gasteiger partial charge in [-0.05, 0) is 141 Å². The highest BCUT2D eigenvalue weighted by Gasteiger charge is 2.19. The number of hydrogen-bond acceptors (Lipinski definition) is 6. The Morgan fingerprint density at radius 2 is 0.494 bits per heavy atom. The molecule has 0 rings (SSSR count). The van der Waals surface area contributed by atoms with Gasteiger partial charge >= 0.3 is 17.9 Å². The summed E-state index contributed by atoms with van der Waals surface area (Å²) in [6.07, 6.45) is 94.1. The minimum Gasteiger partial charge on any atom is -0.462 e. The van der Waals surface area contributed by atoms with E-state index >= 15 is 0 Å². The van der Waals surface area contributed by atoms with E-state index in [1.54, 1.807) is 0 Å². The first-order chi connectivity index (χ1) is 39.0. The normalized spacial score (nSPS) is 13.1. The lowest BCUT2D eigenvalue weighted by Gasteiger charge is -2.18. The Morgan fingerprint density at radius 3 is 0.772 bits per heavy atom. The molecule has 0 saturated heterocycles. The predicted molar refractivity (Wildman–Crippen MR) is 343 cm³/mol. The Labute approximate surface area is 487 Å². The smallest absolute Gasteiger partial charge is 0.306 e. The van der Waals surface area contributed by atoms with E-state index in [2.05, 4.69) is 167 Å². The van der Waals surface area contributed by atoms with Gasteiger partial charge in [-0.2, -0.15) is 0 Å². The Kier molecular flexibility index (Phi) is 61.9. The molecule has 0 heterocycles. The maximum absolute atomic E-state index is 12.9. The second kappa shape index (κ2) is 65.8. The van der Waals surface area contributed by atoms with E-state index in [9.17, 15) is 14.4 Å². The quantitative estimate of drug-likeness (QED) is 0.0261. The number of carbonyl (C=O) groups is 3. The fourth-order valence-electron chi connectivity index (χ4n) is 8.53. The first-order valence-corrected chi connectivity index (χ1v) is 32.3. The third-order valence-electron chi connectivity index (χ3n) is 13.3. The summed E-state index contributed by atoms with van der Waals surface area (Å²) in [4.78, 5) is 38.4. The fraction of sp³-hybridized carbons (Fsp3) is 0.630. The van der Waals surface area contributed by atoms with Gasteiger partial charge in [-0.1, -0.05) is 263 Å². The zero-order valence-corrected chi connectivity index (χ0v) is 51.1. The van der Waals surface area contributed by atoms with Crippen LogP contribution in [0.1, 0.15) is 278 Å². The molecule has 6 heteroatoms. The van der Waals surface area contributed by atoms with Crippen LogP contribution in [0.15, 0.2) is 146 Å². The second-order valence-corrected chi connectivity index (χ2v) is 20.9. The maximum atomic E-state index is 12.9. The topological polar surface area (TPSA) is 78.9 Å². The van der Waals surface area contributed by atoms with E-state index in [1.807, 2.05) is 0 Å². The standard InChI is InChI=1S/C73H118O6/c1-4-7-10-13-16-19-22-25-28-31-34-36-39-42-45-48-51-54-57-60-63-66-72(75)78-69-70(68-77-71(74)65-62-59-56-53-50-47-44-41-38-33-30-27-24-21-18-15-12-9-6-3)79-73(76)67-64-61-58-55-52-49-46-43-40-37-35-32-29-26-23-20-17-14-11-8-5-2/h7,9-10,12,16,18-19,21,23,25-28,30,32,34-36,38,40-43,45,70H,4-6,8,11,13-15,17,20,22,24,29,31,33,37,39,44,46-69H2,1-3H3/b10-7-,12-9-,19-16-,21-18-,26-23-,28-25-,30-27-,35-32-,36-34-,41-38-,43-40-,45-42-. The molecule has 0 aliphatic carbocycles. The number of unbranched alkanes of at least 4 members (excludes halogenated alkanes) is 22. The Hall–Kier alpha value is -4.71. The predicted octanol–water partition coefficient (Wildman–Crippen LogP) is 22.3. The lowest BCUT2D eigenvalue weighted by atomic mass is 10.1. The van der Waals surface area contributed by atoms with Gasteiger partial charge in [0.05, 0.1) is 0 Å². The molecule has 6 nitrogen and oxygen atoms in total. The SMILES string of the molecule is CC/C=C\C/C=C\C/C=C\C/C=C\C/C=C\CCCCCCCC(=O)OCC(COC(=O)CCCCCCCC/C=C\C/C=C\C/C=C\C/C=C\CC)OC(=O)CCCCCCCC/C=C\C/C=C\C/C=C\CCCCCCC. The van der Waals surface area contributed by atoms with Gasteiger partial charge in [-0.25, -0.2) is 0 Å². The van der Waals surface area contributed by atoms with Crippen LogP contribution in [0.4, 0.5) is 0 Å². The van der Waals surface area contributed by atoms with Crippen molar-refractivity contribution in [1.29, 1.82) is 0 Å². The minimum atomic E-state index is -0.808. The van der Waals surface area contributed by atoms with E-state index in [4.69, 9.17) is 14.2 Å². The third kappa shape index (κ3) is 64.0. The highest BCUT2D eigenvalue weighted by atomic mass is 16.6. The van der Waals surface area contributed by atoms with E-state index < -0.39 is 6.10 Å². The summed E-state index contributed by atoms with van der Waals surface area (Å²) in [5.74, 6) is -0.946. The van der Waals surface area contributed by atoms with Crippen molar-refractivity contribution in [3.05, 3.63) is 146 Å². The van der Waals surface area contributed by atoms with Crippen molar-refractivity contribution in [2.45, 2.75) is 284 Å². The van der Waals surface area contributed by atoms with Crippen molar-refractivity contribution < 1.29 is 28.6 Å². The largest absolute Gasteiger partial charge is 0.462 e. The van der Waals surface area contributed by atoms with Crippen molar-refractivity contribution in [2.75, 3.05) is 13.2 Å². The summed E-state index contributed by atoms with van der Waals surface area (Å²) < 4.78 is 16.9. The van der Waals surface area contributed by atoms with Crippen LogP contribution < -0.4 is 0 Å². The average molecular weight is 1090 g/mol. The summed E-state index contributed by atoms with van der Waals surface area (Å²) in [6, 6.07) is 0. The summed E-state index contributed by atoms with van der Waals surface area (Å²) in [5, 5.41) is 0. The average Bonchev–Trinajstić information content (AvgIpc) is 3.45. The molecular formula is C73H118O6. The molecule has 0 N–H and O–H groups in total. The summed E-state index contributed by atoms with van der Waals surface area (Å²) in [7, 11) is 0. The van der Waals surface area contributed by atoms with Gasteiger partial charge in [0.1, 0.15) is 13.2 Å². The number of esters is 3. The second-order valence-electron chi connectivity index (χ2n) is 20.9. The summed E-state index contributed by atoms with van der Waals surface area (Å²) in [5.41, 5.74) is 0. The van der Waals surface area contributed by atoms with Gasteiger partial charge in [-0.15, -0.1) is 0 Å². The molecule has 1 atom stereocenters. The number of carbonyl (C=O) groups excluding carboxylic acids is 3. The van der Waals surface area contributed by atoms with Crippen molar-refractivity contribution in [2.24, 2.45) is 0 Å². The molecule has 0 aromatic heterocycles. The van der Waals surface area contributed by atoms with Crippen molar-refractivity contribution in [1.82, 2.24) is 0 Å². The minimum absolute atomic E-state index is 0.103. The summed E-state index contributed by atoms with van der Waals surface area (Å²) in [6.45, 7) is 6.37. The molecule has 0 aliphatic heterocycles. The molecule has 0 aromatic carbocycles. The molecule has 0 amide bonds. The number of rotatable bonds is 57. The van der Waals surface area contributed by atoms with E-state index in [-0.39, 0.29) is 31.1 Å². The summed E-state index contributed by atoms with van der Waals surface area (Å²) >= 11 is 0. The molecule has 0 aliphatic rings. The van der Waals surface area contributed by atoms with Gasteiger partial charge in [0.15, 0.2) is 6.10 Å². The van der Waals surface area contributed by atoms with Gasteiger partial charge in [-0.3, -0.25) is 14.4 Å². The Morgan fingerprint density at radius 1 is 0.266 bits per heavy atom. The van der Waals surface area contributed by atoms with Crippen molar-refractivity contribution >= 4 is 17.9 Å². The maximum Gasteiger partial charge on any atom is 0.306 e. The molecule has 1 unspecified atom stereocenters. The van der Waals surface area contributed by atoms with Gasteiger partial charge in [0, 0.05) is 19.3 Å². The number of ether oxygens (including phenoxy) is 3. The molecule has 0 spiro atoms. The first kappa shape index (κ1) is 74.3. The van der Waals surface area contributed by atoms with Crippen molar-refractivity contribution in [3.63, 3.8) is 0 Å². The van der Waals surface area contributed by atoms with Crippen LogP contribution in [-0.2, 0) is 28.6 Å². The molecule has 446 valence electrons. The van der Waals surface area contributed by atoms with Crippen LogP contribution in [-0.4, -0.2) is 37.2 Å². The van der Waals surface area contributed by atoms with Gasteiger partial charge < -0.3 is 14.2 Å². The van der Waals surface area contributed by atoms with Crippen LogP contribution in [0.25, 0.3) is 0 Å². The van der Waals surface area contributed by atoms with Crippen LogP contribution in [0.3, 0.4) is 0 Å². The number of hydrogen-bond donors (Lipinski definition) is 0. The van der Waals surface area contributed by atoms with E-state index in [0.717, 1.165) is 173 Å². The van der Waals surface area contributed by atoms with Crippen LogP contribution >= 0.6 is 0 Å². The first-order valence-electron chi connectivity index (χ1n) is 32.3. The Balaban J connectivity index is 4.51. The molecule has 0 bridgehead atoms. The van der Waals surface area contributed by atoms with Crippen molar-refractivity contribution in [3.8, 4) is 0 Å². The number of allylic oxidation sites excluding steroid dienone is 24. The van der Waals surface area contributed by atoms with E-state index in [0.29, 0.717) is 19.3 Å². The molecule has 0 radical (unpaired) electrons. The highest BCUT2D eigenvalue weighted by molar-refractivity contribution is 5.71. The van der Waals surface area contributed by atoms with Gasteiger partial charge in [0.2, 0.25) is 0 Å². The zero-order valence-electron chi connectivity index (χ0n) is 51.1. The van der Waals surface area contributed by atoms with Gasteiger partial charge in [0.25, 0.3) is 0 Å². The zero-order chi connectivity index (χ0) is 57.1. The third-order valence-corrected chi connectivity index (χ3v) is 13.3. The van der Waals surface area contributed by atoms with E-state index in [1.165, 1.54) is 64.2 Å². The molecule has 0 saturated carbocycles. The van der Waals surface area contributed by atoms with Crippen LogP contribution in [0.2, 0.25) is 0 Å². The molecule has 0 aromatic rings. The fourth-order valence-corrected chi connectivity index (χ4v) is 8.53. The monoisotopic (exact) mass is 1090 g/mol.